The zero-order chi connectivity index (χ0) is 15.1. The lowest BCUT2D eigenvalue weighted by molar-refractivity contribution is 0.0952. The summed E-state index contributed by atoms with van der Waals surface area (Å²) in [6, 6.07) is 3.13. The number of hydrogen-bond acceptors (Lipinski definition) is 2. The lowest BCUT2D eigenvalue weighted by atomic mass is 10.2. The van der Waals surface area contributed by atoms with Gasteiger partial charge in [-0.1, -0.05) is 0 Å². The number of carbonyl (C=O) groups is 1. The molecule has 1 N–H and O–H groups in total. The highest BCUT2D eigenvalue weighted by molar-refractivity contribution is 5.94. The number of hydrogen-bond donors (Lipinski definition) is 1. The number of imidazole rings is 1. The number of aromatic nitrogens is 2. The molecule has 21 heavy (non-hydrogen) atoms. The minimum absolute atomic E-state index is 0.132. The molecule has 2 rings (SSSR count). The second-order valence-corrected chi connectivity index (χ2v) is 4.75. The van der Waals surface area contributed by atoms with Crippen molar-refractivity contribution in [2.24, 2.45) is 0 Å². The Hall–Kier alpha value is -2.24. The molecule has 0 unspecified atom stereocenters. The van der Waals surface area contributed by atoms with Crippen molar-refractivity contribution in [1.29, 1.82) is 0 Å². The summed E-state index contributed by atoms with van der Waals surface area (Å²) in [5, 5.41) is 2.69. The average molecular weight is 293 g/mol. The Bertz CT molecular complexity index is 585. The molecule has 0 saturated carbocycles. The van der Waals surface area contributed by atoms with E-state index in [1.165, 1.54) is 6.07 Å². The summed E-state index contributed by atoms with van der Waals surface area (Å²) in [7, 11) is 0. The lowest BCUT2D eigenvalue weighted by Crippen LogP contribution is -2.24. The number of benzene rings is 1. The summed E-state index contributed by atoms with van der Waals surface area (Å²) in [5.41, 5.74) is 0.132. The van der Waals surface area contributed by atoms with E-state index in [-0.39, 0.29) is 11.5 Å². The van der Waals surface area contributed by atoms with Crippen molar-refractivity contribution in [2.75, 3.05) is 6.54 Å². The summed E-state index contributed by atoms with van der Waals surface area (Å²) in [6.45, 7) is 1.42. The fourth-order valence-corrected chi connectivity index (χ4v) is 1.96. The van der Waals surface area contributed by atoms with Gasteiger partial charge in [-0.2, -0.15) is 0 Å². The number of nitrogens with one attached hydrogen (secondary N) is 1. The summed E-state index contributed by atoms with van der Waals surface area (Å²) >= 11 is 0. The van der Waals surface area contributed by atoms with E-state index in [1.807, 2.05) is 10.8 Å². The van der Waals surface area contributed by atoms with Crippen molar-refractivity contribution < 1.29 is 13.6 Å². The quantitative estimate of drug-likeness (QED) is 0.798. The Labute approximate surface area is 121 Å². The number of halogens is 2. The molecule has 1 aromatic heterocycles. The van der Waals surface area contributed by atoms with Crippen molar-refractivity contribution in [3.05, 3.63) is 54.1 Å². The second-order valence-electron chi connectivity index (χ2n) is 4.75. The fourth-order valence-electron chi connectivity index (χ4n) is 1.96. The highest BCUT2D eigenvalue weighted by atomic mass is 19.2. The van der Waals surface area contributed by atoms with Crippen LogP contribution >= 0.6 is 0 Å². The Morgan fingerprint density at radius 2 is 2.05 bits per heavy atom. The van der Waals surface area contributed by atoms with Gasteiger partial charge in [0.05, 0.1) is 6.33 Å². The van der Waals surface area contributed by atoms with Crippen LogP contribution in [0.2, 0.25) is 0 Å². The Kier molecular flexibility index (Phi) is 5.43. The Morgan fingerprint density at radius 1 is 1.19 bits per heavy atom. The van der Waals surface area contributed by atoms with Crippen LogP contribution in [0.4, 0.5) is 8.78 Å². The largest absolute Gasteiger partial charge is 0.352 e. The Balaban J connectivity index is 1.63. The molecule has 0 fully saturated rings. The molecular weight excluding hydrogens is 276 g/mol. The first-order valence-electron chi connectivity index (χ1n) is 6.86. The van der Waals surface area contributed by atoms with Crippen LogP contribution in [0.25, 0.3) is 0 Å². The van der Waals surface area contributed by atoms with Crippen LogP contribution in [-0.4, -0.2) is 22.0 Å². The maximum Gasteiger partial charge on any atom is 0.251 e. The van der Waals surface area contributed by atoms with E-state index in [0.717, 1.165) is 37.9 Å². The highest BCUT2D eigenvalue weighted by Gasteiger charge is 2.08. The molecular formula is C15H17F2N3O. The van der Waals surface area contributed by atoms with E-state index in [0.29, 0.717) is 6.54 Å². The maximum atomic E-state index is 13.0. The number of aryl methyl sites for hydroxylation is 1. The molecule has 0 aliphatic rings. The van der Waals surface area contributed by atoms with Crippen molar-refractivity contribution >= 4 is 5.91 Å². The third kappa shape index (κ3) is 4.66. The van der Waals surface area contributed by atoms with Crippen LogP contribution in [0.1, 0.15) is 29.6 Å². The molecule has 0 aliphatic carbocycles. The van der Waals surface area contributed by atoms with Gasteiger partial charge in [0.1, 0.15) is 0 Å². The minimum atomic E-state index is -1.01. The molecule has 1 aromatic carbocycles. The van der Waals surface area contributed by atoms with Gasteiger partial charge in [-0.15, -0.1) is 0 Å². The van der Waals surface area contributed by atoms with Gasteiger partial charge in [0.25, 0.3) is 5.91 Å². The van der Waals surface area contributed by atoms with E-state index < -0.39 is 11.6 Å². The molecule has 1 heterocycles. The molecule has 1 amide bonds. The van der Waals surface area contributed by atoms with Crippen LogP contribution < -0.4 is 5.32 Å². The summed E-state index contributed by atoms with van der Waals surface area (Å²) in [4.78, 5) is 15.7. The molecule has 0 radical (unpaired) electrons. The van der Waals surface area contributed by atoms with Gasteiger partial charge >= 0.3 is 0 Å². The predicted molar refractivity (Wildman–Crippen MR) is 74.8 cm³/mol. The van der Waals surface area contributed by atoms with E-state index in [9.17, 15) is 13.6 Å². The molecule has 0 atom stereocenters. The van der Waals surface area contributed by atoms with Gasteiger partial charge in [0.15, 0.2) is 11.6 Å². The first-order valence-corrected chi connectivity index (χ1v) is 6.86. The third-order valence-electron chi connectivity index (χ3n) is 3.12. The number of unbranched alkanes of at least 4 members (excludes halogenated alkanes) is 2. The first kappa shape index (κ1) is 15.2. The zero-order valence-electron chi connectivity index (χ0n) is 11.6. The predicted octanol–water partition coefficient (Wildman–Crippen LogP) is 2.76. The third-order valence-corrected chi connectivity index (χ3v) is 3.12. The molecule has 0 spiro atoms. The summed E-state index contributed by atoms with van der Waals surface area (Å²) in [6.07, 6.45) is 8.22. The molecule has 0 aliphatic heterocycles. The number of carbonyl (C=O) groups excluding carboxylic acids is 1. The second kappa shape index (κ2) is 7.52. The smallest absolute Gasteiger partial charge is 0.251 e. The summed E-state index contributed by atoms with van der Waals surface area (Å²) in [5.74, 6) is -2.35. The van der Waals surface area contributed by atoms with E-state index in [4.69, 9.17) is 0 Å². The fraction of sp³-hybridized carbons (Fsp3) is 0.333. The SMILES string of the molecule is O=C(NCCCCCn1ccnc1)c1ccc(F)c(F)c1. The van der Waals surface area contributed by atoms with Crippen LogP contribution in [0, 0.1) is 11.6 Å². The van der Waals surface area contributed by atoms with Crippen molar-refractivity contribution in [3.63, 3.8) is 0 Å². The van der Waals surface area contributed by atoms with Crippen LogP contribution in [0.3, 0.4) is 0 Å². The van der Waals surface area contributed by atoms with Gasteiger partial charge in [-0.3, -0.25) is 4.79 Å². The normalized spacial score (nSPS) is 10.6. The van der Waals surface area contributed by atoms with E-state index in [2.05, 4.69) is 10.3 Å². The average Bonchev–Trinajstić information content (AvgIpc) is 2.98. The first-order chi connectivity index (χ1) is 10.2. The van der Waals surface area contributed by atoms with Gasteiger partial charge in [0.2, 0.25) is 0 Å². The zero-order valence-corrected chi connectivity index (χ0v) is 11.6. The number of nitrogens with zero attached hydrogens (tertiary/aromatic N) is 2. The number of amides is 1. The van der Waals surface area contributed by atoms with Gasteiger partial charge in [-0.25, -0.2) is 13.8 Å². The lowest BCUT2D eigenvalue weighted by Gasteiger charge is -2.06. The van der Waals surface area contributed by atoms with Gasteiger partial charge in [0, 0.05) is 31.0 Å². The van der Waals surface area contributed by atoms with Crippen molar-refractivity contribution in [3.8, 4) is 0 Å². The van der Waals surface area contributed by atoms with E-state index in [1.54, 1.807) is 12.5 Å². The van der Waals surface area contributed by atoms with Crippen LogP contribution in [0.5, 0.6) is 0 Å². The van der Waals surface area contributed by atoms with Crippen LogP contribution in [0.15, 0.2) is 36.9 Å². The summed E-state index contributed by atoms with van der Waals surface area (Å²) < 4.78 is 27.8. The standard InChI is InChI=1S/C15H17F2N3O/c16-13-5-4-12(10-14(13)17)15(21)19-6-2-1-3-8-20-9-7-18-11-20/h4-5,7,9-11H,1-3,6,8H2,(H,19,21). The van der Waals surface area contributed by atoms with Gasteiger partial charge in [-0.05, 0) is 37.5 Å². The Morgan fingerprint density at radius 3 is 2.76 bits per heavy atom. The molecule has 6 heteroatoms. The molecule has 112 valence electrons. The highest BCUT2D eigenvalue weighted by Crippen LogP contribution is 2.08. The number of rotatable bonds is 7. The molecule has 0 bridgehead atoms. The molecule has 4 nitrogen and oxygen atoms in total. The van der Waals surface area contributed by atoms with Crippen LogP contribution in [-0.2, 0) is 6.54 Å². The molecule has 0 saturated heterocycles. The van der Waals surface area contributed by atoms with Crippen molar-refractivity contribution in [2.45, 2.75) is 25.8 Å². The van der Waals surface area contributed by atoms with Crippen molar-refractivity contribution in [1.82, 2.24) is 14.9 Å². The van der Waals surface area contributed by atoms with Gasteiger partial charge < -0.3 is 9.88 Å². The maximum absolute atomic E-state index is 13.0. The van der Waals surface area contributed by atoms with E-state index >= 15 is 0 Å². The minimum Gasteiger partial charge on any atom is -0.352 e. The topological polar surface area (TPSA) is 46.9 Å². The molecule has 2 aromatic rings. The monoisotopic (exact) mass is 293 g/mol.